The SMILES string of the molecule is Nc1ccc(OCc2cccc(Br)c2)nc1N. The fraction of sp³-hybridized carbons (Fsp3) is 0.0833. The van der Waals surface area contributed by atoms with Gasteiger partial charge < -0.3 is 16.2 Å². The molecule has 0 amide bonds. The highest BCUT2D eigenvalue weighted by Crippen LogP contribution is 2.18. The van der Waals surface area contributed by atoms with E-state index in [9.17, 15) is 0 Å². The zero-order valence-electron chi connectivity index (χ0n) is 9.06. The van der Waals surface area contributed by atoms with E-state index in [0.717, 1.165) is 10.0 Å². The Labute approximate surface area is 108 Å². The van der Waals surface area contributed by atoms with E-state index in [-0.39, 0.29) is 5.82 Å². The number of rotatable bonds is 3. The van der Waals surface area contributed by atoms with E-state index in [2.05, 4.69) is 20.9 Å². The molecule has 1 aromatic carbocycles. The first-order chi connectivity index (χ1) is 8.15. The molecule has 0 spiro atoms. The maximum Gasteiger partial charge on any atom is 0.215 e. The molecule has 88 valence electrons. The first-order valence-electron chi connectivity index (χ1n) is 5.04. The smallest absolute Gasteiger partial charge is 0.215 e. The van der Waals surface area contributed by atoms with Crippen LogP contribution < -0.4 is 16.2 Å². The first kappa shape index (κ1) is 11.7. The number of hydrogen-bond acceptors (Lipinski definition) is 4. The second kappa shape index (κ2) is 5.05. The lowest BCUT2D eigenvalue weighted by Crippen LogP contribution is -2.01. The number of ether oxygens (including phenoxy) is 1. The van der Waals surface area contributed by atoms with Crippen LogP contribution in [0.5, 0.6) is 5.88 Å². The summed E-state index contributed by atoms with van der Waals surface area (Å²) in [6, 6.07) is 11.3. The molecule has 1 heterocycles. The van der Waals surface area contributed by atoms with Crippen molar-refractivity contribution in [2.24, 2.45) is 0 Å². The van der Waals surface area contributed by atoms with Gasteiger partial charge in [0.25, 0.3) is 0 Å². The topological polar surface area (TPSA) is 74.2 Å². The van der Waals surface area contributed by atoms with Crippen LogP contribution >= 0.6 is 15.9 Å². The Morgan fingerprint density at radius 1 is 1.18 bits per heavy atom. The molecule has 0 radical (unpaired) electrons. The molecule has 0 atom stereocenters. The van der Waals surface area contributed by atoms with Gasteiger partial charge in [-0.15, -0.1) is 0 Å². The van der Waals surface area contributed by atoms with Crippen LogP contribution in [0.2, 0.25) is 0 Å². The molecule has 0 fully saturated rings. The fourth-order valence-corrected chi connectivity index (χ4v) is 1.78. The maximum atomic E-state index is 5.59. The summed E-state index contributed by atoms with van der Waals surface area (Å²) in [6.07, 6.45) is 0. The molecular formula is C12H12BrN3O. The van der Waals surface area contributed by atoms with Crippen LogP contribution in [0.4, 0.5) is 11.5 Å². The largest absolute Gasteiger partial charge is 0.473 e. The third-order valence-corrected chi connectivity index (χ3v) is 2.70. The normalized spacial score (nSPS) is 10.2. The van der Waals surface area contributed by atoms with Crippen molar-refractivity contribution in [1.82, 2.24) is 4.98 Å². The molecule has 0 saturated heterocycles. The Hall–Kier alpha value is -1.75. The number of benzene rings is 1. The van der Waals surface area contributed by atoms with Gasteiger partial charge in [-0.3, -0.25) is 0 Å². The lowest BCUT2D eigenvalue weighted by atomic mass is 10.2. The van der Waals surface area contributed by atoms with Crippen molar-refractivity contribution in [3.05, 3.63) is 46.4 Å². The second-order valence-electron chi connectivity index (χ2n) is 3.54. The number of hydrogen-bond donors (Lipinski definition) is 2. The third kappa shape index (κ3) is 3.10. The van der Waals surface area contributed by atoms with Gasteiger partial charge in [0.2, 0.25) is 5.88 Å². The predicted molar refractivity (Wildman–Crippen MR) is 71.5 cm³/mol. The zero-order chi connectivity index (χ0) is 12.3. The van der Waals surface area contributed by atoms with E-state index in [1.807, 2.05) is 24.3 Å². The van der Waals surface area contributed by atoms with Crippen molar-refractivity contribution in [3.8, 4) is 5.88 Å². The summed E-state index contributed by atoms with van der Waals surface area (Å²) in [4.78, 5) is 4.03. The van der Waals surface area contributed by atoms with Crippen LogP contribution in [0, 0.1) is 0 Å². The molecule has 0 unspecified atom stereocenters. The highest BCUT2D eigenvalue weighted by atomic mass is 79.9. The average Bonchev–Trinajstić information content (AvgIpc) is 2.31. The van der Waals surface area contributed by atoms with Crippen LogP contribution in [-0.4, -0.2) is 4.98 Å². The molecule has 2 aromatic rings. The van der Waals surface area contributed by atoms with Crippen molar-refractivity contribution in [2.45, 2.75) is 6.61 Å². The van der Waals surface area contributed by atoms with Crippen LogP contribution in [0.25, 0.3) is 0 Å². The van der Waals surface area contributed by atoms with E-state index < -0.39 is 0 Å². The summed E-state index contributed by atoms with van der Waals surface area (Å²) < 4.78 is 6.53. The van der Waals surface area contributed by atoms with Crippen LogP contribution in [-0.2, 0) is 6.61 Å². The lowest BCUT2D eigenvalue weighted by molar-refractivity contribution is 0.294. The van der Waals surface area contributed by atoms with Crippen LogP contribution in [0.15, 0.2) is 40.9 Å². The van der Waals surface area contributed by atoms with Gasteiger partial charge in [-0.1, -0.05) is 28.1 Å². The molecule has 0 aliphatic carbocycles. The molecule has 5 heteroatoms. The van der Waals surface area contributed by atoms with E-state index in [0.29, 0.717) is 18.2 Å². The Bertz CT molecular complexity index is 531. The number of pyridine rings is 1. The fourth-order valence-electron chi connectivity index (χ4n) is 1.33. The van der Waals surface area contributed by atoms with Crippen molar-refractivity contribution < 1.29 is 4.74 Å². The van der Waals surface area contributed by atoms with Crippen molar-refractivity contribution in [3.63, 3.8) is 0 Å². The van der Waals surface area contributed by atoms with Gasteiger partial charge in [0.15, 0.2) is 5.82 Å². The lowest BCUT2D eigenvalue weighted by Gasteiger charge is -2.07. The van der Waals surface area contributed by atoms with Gasteiger partial charge in [0.05, 0.1) is 5.69 Å². The van der Waals surface area contributed by atoms with Gasteiger partial charge >= 0.3 is 0 Å². The predicted octanol–water partition coefficient (Wildman–Crippen LogP) is 2.59. The molecular weight excluding hydrogens is 282 g/mol. The molecule has 0 bridgehead atoms. The summed E-state index contributed by atoms with van der Waals surface area (Å²) in [5, 5.41) is 0. The van der Waals surface area contributed by atoms with Gasteiger partial charge in [0, 0.05) is 10.5 Å². The summed E-state index contributed by atoms with van der Waals surface area (Å²) in [5.41, 5.74) is 12.7. The highest BCUT2D eigenvalue weighted by molar-refractivity contribution is 9.10. The van der Waals surface area contributed by atoms with E-state index in [4.69, 9.17) is 16.2 Å². The molecule has 17 heavy (non-hydrogen) atoms. The third-order valence-electron chi connectivity index (χ3n) is 2.21. The summed E-state index contributed by atoms with van der Waals surface area (Å²) >= 11 is 3.40. The molecule has 2 rings (SSSR count). The average molecular weight is 294 g/mol. The van der Waals surface area contributed by atoms with Crippen molar-refractivity contribution >= 4 is 27.4 Å². The zero-order valence-corrected chi connectivity index (χ0v) is 10.6. The van der Waals surface area contributed by atoms with E-state index >= 15 is 0 Å². The molecule has 4 N–H and O–H groups in total. The molecule has 4 nitrogen and oxygen atoms in total. The van der Waals surface area contributed by atoms with Gasteiger partial charge in [-0.2, -0.15) is 4.98 Å². The number of nitrogens with two attached hydrogens (primary N) is 2. The monoisotopic (exact) mass is 293 g/mol. The Kier molecular flexibility index (Phi) is 3.49. The number of nitrogen functional groups attached to an aromatic ring is 2. The Morgan fingerprint density at radius 2 is 2.00 bits per heavy atom. The molecule has 0 aliphatic rings. The minimum atomic E-state index is 0.289. The summed E-state index contributed by atoms with van der Waals surface area (Å²) in [5.74, 6) is 0.758. The second-order valence-corrected chi connectivity index (χ2v) is 4.46. The van der Waals surface area contributed by atoms with Crippen LogP contribution in [0.1, 0.15) is 5.56 Å². The Balaban J connectivity index is 2.05. The van der Waals surface area contributed by atoms with E-state index in [1.165, 1.54) is 0 Å². The van der Waals surface area contributed by atoms with Gasteiger partial charge in [-0.05, 0) is 23.8 Å². The number of nitrogens with zero attached hydrogens (tertiary/aromatic N) is 1. The molecule has 0 saturated carbocycles. The summed E-state index contributed by atoms with van der Waals surface area (Å²) in [6.45, 7) is 0.440. The van der Waals surface area contributed by atoms with Crippen molar-refractivity contribution in [2.75, 3.05) is 11.5 Å². The minimum absolute atomic E-state index is 0.289. The summed E-state index contributed by atoms with van der Waals surface area (Å²) in [7, 11) is 0. The molecule has 1 aromatic heterocycles. The van der Waals surface area contributed by atoms with Crippen molar-refractivity contribution in [1.29, 1.82) is 0 Å². The number of aromatic nitrogens is 1. The first-order valence-corrected chi connectivity index (χ1v) is 5.83. The van der Waals surface area contributed by atoms with Crippen LogP contribution in [0.3, 0.4) is 0 Å². The number of halogens is 1. The number of anilines is 2. The quantitative estimate of drug-likeness (QED) is 0.912. The Morgan fingerprint density at radius 3 is 2.71 bits per heavy atom. The standard InChI is InChI=1S/C12H12BrN3O/c13-9-3-1-2-8(6-9)7-17-11-5-4-10(14)12(15)16-11/h1-6H,7,14H2,(H2,15,16). The van der Waals surface area contributed by atoms with Gasteiger partial charge in [-0.25, -0.2) is 0 Å². The maximum absolute atomic E-state index is 5.59. The minimum Gasteiger partial charge on any atom is -0.473 e. The highest BCUT2D eigenvalue weighted by Gasteiger charge is 2.01. The van der Waals surface area contributed by atoms with Gasteiger partial charge in [0.1, 0.15) is 6.61 Å². The molecule has 0 aliphatic heterocycles. The van der Waals surface area contributed by atoms with E-state index in [1.54, 1.807) is 12.1 Å².